The van der Waals surface area contributed by atoms with Gasteiger partial charge in [-0.05, 0) is 18.8 Å². The van der Waals surface area contributed by atoms with Crippen LogP contribution in [0.3, 0.4) is 0 Å². The highest BCUT2D eigenvalue weighted by atomic mass is 16.1. The van der Waals surface area contributed by atoms with Gasteiger partial charge in [0.05, 0.1) is 0 Å². The first-order valence-electron chi connectivity index (χ1n) is 8.04. The van der Waals surface area contributed by atoms with Gasteiger partial charge in [-0.15, -0.1) is 0 Å². The van der Waals surface area contributed by atoms with Crippen molar-refractivity contribution in [2.75, 3.05) is 18.0 Å². The van der Waals surface area contributed by atoms with Crippen molar-refractivity contribution in [1.82, 2.24) is 14.9 Å². The normalized spacial score (nSPS) is 19.0. The molecule has 1 fully saturated rings. The molecular weight excluding hydrogens is 264 g/mol. The molecule has 0 saturated carbocycles. The van der Waals surface area contributed by atoms with E-state index >= 15 is 0 Å². The Bertz CT molecular complexity index is 509. The minimum Gasteiger partial charge on any atom is -0.348 e. The van der Waals surface area contributed by atoms with E-state index in [0.29, 0.717) is 23.8 Å². The molecule has 1 saturated heterocycles. The van der Waals surface area contributed by atoms with Crippen molar-refractivity contribution in [3.63, 3.8) is 0 Å². The van der Waals surface area contributed by atoms with Crippen molar-refractivity contribution in [3.8, 4) is 0 Å². The van der Waals surface area contributed by atoms with E-state index in [1.807, 2.05) is 0 Å². The molecule has 0 aromatic carbocycles. The molecule has 1 aliphatic heterocycles. The van der Waals surface area contributed by atoms with Crippen LogP contribution in [-0.4, -0.2) is 34.7 Å². The molecular formula is C16H28N4O. The first-order valence-corrected chi connectivity index (χ1v) is 8.04. The van der Waals surface area contributed by atoms with E-state index in [2.05, 4.69) is 42.9 Å². The van der Waals surface area contributed by atoms with Crippen molar-refractivity contribution in [1.29, 1.82) is 0 Å². The van der Waals surface area contributed by atoms with Crippen molar-refractivity contribution >= 4 is 5.82 Å². The topological polar surface area (TPSA) is 50.2 Å². The van der Waals surface area contributed by atoms with Crippen LogP contribution in [0.4, 0.5) is 5.82 Å². The molecule has 1 aliphatic rings. The highest BCUT2D eigenvalue weighted by molar-refractivity contribution is 5.39. The van der Waals surface area contributed by atoms with E-state index in [9.17, 15) is 4.79 Å². The van der Waals surface area contributed by atoms with Crippen LogP contribution in [0, 0.1) is 5.92 Å². The third kappa shape index (κ3) is 4.06. The minimum atomic E-state index is 0.0441. The Hall–Kier alpha value is -1.36. The van der Waals surface area contributed by atoms with Gasteiger partial charge in [0.15, 0.2) is 5.82 Å². The first-order chi connectivity index (χ1) is 9.99. The van der Waals surface area contributed by atoms with Crippen molar-refractivity contribution in [2.24, 2.45) is 5.92 Å². The molecule has 1 unspecified atom stereocenters. The monoisotopic (exact) mass is 292 g/mol. The SMILES string of the molecule is CC(C)Cn1ccnc(N2CCCC2CNC(C)C)c1=O. The number of nitrogens with zero attached hydrogens (tertiary/aromatic N) is 3. The number of nitrogens with one attached hydrogen (secondary N) is 1. The summed E-state index contributed by atoms with van der Waals surface area (Å²) in [5.74, 6) is 1.07. The summed E-state index contributed by atoms with van der Waals surface area (Å²) in [6.45, 7) is 11.1. The van der Waals surface area contributed by atoms with Gasteiger partial charge >= 0.3 is 0 Å². The van der Waals surface area contributed by atoms with Gasteiger partial charge in [0.2, 0.25) is 0 Å². The predicted octanol–water partition coefficient (Wildman–Crippen LogP) is 1.87. The van der Waals surface area contributed by atoms with Gasteiger partial charge in [-0.25, -0.2) is 4.98 Å². The van der Waals surface area contributed by atoms with E-state index in [1.54, 1.807) is 17.0 Å². The zero-order chi connectivity index (χ0) is 15.4. The lowest BCUT2D eigenvalue weighted by Crippen LogP contribution is -2.43. The fraction of sp³-hybridized carbons (Fsp3) is 0.750. The molecule has 2 rings (SSSR count). The third-order valence-corrected chi connectivity index (χ3v) is 3.87. The number of hydrogen-bond acceptors (Lipinski definition) is 4. The van der Waals surface area contributed by atoms with E-state index in [1.165, 1.54) is 0 Å². The molecule has 0 bridgehead atoms. The van der Waals surface area contributed by atoms with Crippen molar-refractivity contribution < 1.29 is 0 Å². The van der Waals surface area contributed by atoms with E-state index < -0.39 is 0 Å². The van der Waals surface area contributed by atoms with Gasteiger partial charge in [0, 0.05) is 44.1 Å². The van der Waals surface area contributed by atoms with Crippen LogP contribution < -0.4 is 15.8 Å². The summed E-state index contributed by atoms with van der Waals surface area (Å²) in [5, 5.41) is 3.48. The predicted molar refractivity (Wildman–Crippen MR) is 86.8 cm³/mol. The molecule has 1 aromatic heterocycles. The highest BCUT2D eigenvalue weighted by Gasteiger charge is 2.27. The second-order valence-corrected chi connectivity index (χ2v) is 6.65. The smallest absolute Gasteiger partial charge is 0.293 e. The van der Waals surface area contributed by atoms with Crippen LogP contribution in [0.25, 0.3) is 0 Å². The lowest BCUT2D eigenvalue weighted by molar-refractivity contribution is 0.501. The molecule has 0 spiro atoms. The number of anilines is 1. The first kappa shape index (κ1) is 16.0. The fourth-order valence-corrected chi connectivity index (χ4v) is 2.87. The number of hydrogen-bond donors (Lipinski definition) is 1. The maximum absolute atomic E-state index is 12.6. The molecule has 0 amide bonds. The summed E-state index contributed by atoms with van der Waals surface area (Å²) in [4.78, 5) is 19.2. The van der Waals surface area contributed by atoms with Crippen LogP contribution in [0.1, 0.15) is 40.5 Å². The Balaban J connectivity index is 2.18. The molecule has 5 heteroatoms. The summed E-state index contributed by atoms with van der Waals surface area (Å²) < 4.78 is 1.79. The molecule has 0 aliphatic carbocycles. The quantitative estimate of drug-likeness (QED) is 0.869. The van der Waals surface area contributed by atoms with Gasteiger partial charge in [-0.3, -0.25) is 4.79 Å². The summed E-state index contributed by atoms with van der Waals surface area (Å²) >= 11 is 0. The summed E-state index contributed by atoms with van der Waals surface area (Å²) in [7, 11) is 0. The second-order valence-electron chi connectivity index (χ2n) is 6.65. The highest BCUT2D eigenvalue weighted by Crippen LogP contribution is 2.20. The fourth-order valence-electron chi connectivity index (χ4n) is 2.87. The minimum absolute atomic E-state index is 0.0441. The molecule has 118 valence electrons. The van der Waals surface area contributed by atoms with Gasteiger partial charge in [-0.1, -0.05) is 27.7 Å². The van der Waals surface area contributed by atoms with Crippen molar-refractivity contribution in [2.45, 2.75) is 59.2 Å². The Morgan fingerprint density at radius 2 is 2.14 bits per heavy atom. The zero-order valence-electron chi connectivity index (χ0n) is 13.7. The van der Waals surface area contributed by atoms with Crippen LogP contribution in [0.15, 0.2) is 17.2 Å². The Morgan fingerprint density at radius 1 is 1.38 bits per heavy atom. The Labute approximate surface area is 127 Å². The van der Waals surface area contributed by atoms with Gasteiger partial charge in [0.25, 0.3) is 5.56 Å². The molecule has 1 N–H and O–H groups in total. The Kier molecular flexibility index (Phi) is 5.39. The molecule has 5 nitrogen and oxygen atoms in total. The van der Waals surface area contributed by atoms with Crippen LogP contribution in [0.2, 0.25) is 0 Å². The molecule has 1 atom stereocenters. The lowest BCUT2D eigenvalue weighted by atomic mass is 10.2. The number of aromatic nitrogens is 2. The average Bonchev–Trinajstić information content (AvgIpc) is 2.86. The molecule has 21 heavy (non-hydrogen) atoms. The summed E-state index contributed by atoms with van der Waals surface area (Å²) in [5.41, 5.74) is 0.0441. The second kappa shape index (κ2) is 7.07. The Morgan fingerprint density at radius 3 is 2.81 bits per heavy atom. The standard InChI is InChI=1S/C16H28N4O/c1-12(2)11-19-9-7-17-15(16(19)21)20-8-5-6-14(20)10-18-13(3)4/h7,9,12-14,18H,5-6,8,10-11H2,1-4H3. The zero-order valence-corrected chi connectivity index (χ0v) is 13.7. The molecule has 1 aromatic rings. The van der Waals surface area contributed by atoms with Gasteiger partial charge < -0.3 is 14.8 Å². The third-order valence-electron chi connectivity index (χ3n) is 3.87. The largest absolute Gasteiger partial charge is 0.348 e. The summed E-state index contributed by atoms with van der Waals surface area (Å²) in [6, 6.07) is 0.844. The van der Waals surface area contributed by atoms with Crippen LogP contribution >= 0.6 is 0 Å². The van der Waals surface area contributed by atoms with Gasteiger partial charge in [-0.2, -0.15) is 0 Å². The van der Waals surface area contributed by atoms with E-state index in [4.69, 9.17) is 0 Å². The van der Waals surface area contributed by atoms with Crippen LogP contribution in [-0.2, 0) is 6.54 Å². The maximum atomic E-state index is 12.6. The average molecular weight is 292 g/mol. The van der Waals surface area contributed by atoms with Crippen molar-refractivity contribution in [3.05, 3.63) is 22.7 Å². The van der Waals surface area contributed by atoms with E-state index in [-0.39, 0.29) is 5.56 Å². The lowest BCUT2D eigenvalue weighted by Gasteiger charge is -2.26. The summed E-state index contributed by atoms with van der Waals surface area (Å²) in [6.07, 6.45) is 5.80. The molecule has 2 heterocycles. The van der Waals surface area contributed by atoms with Crippen LogP contribution in [0.5, 0.6) is 0 Å². The maximum Gasteiger partial charge on any atom is 0.293 e. The van der Waals surface area contributed by atoms with Gasteiger partial charge in [0.1, 0.15) is 0 Å². The number of rotatable bonds is 6. The van der Waals surface area contributed by atoms with E-state index in [0.717, 1.165) is 32.5 Å². The molecule has 0 radical (unpaired) electrons.